The summed E-state index contributed by atoms with van der Waals surface area (Å²) in [6.45, 7) is 0. The molecule has 1 heterocycles. The molecule has 4 rings (SSSR count). The van der Waals surface area contributed by atoms with Crippen LogP contribution in [0.5, 0.6) is 17.2 Å². The van der Waals surface area contributed by atoms with E-state index in [-0.39, 0.29) is 11.5 Å². The summed E-state index contributed by atoms with van der Waals surface area (Å²) in [5, 5.41) is 1.03. The van der Waals surface area contributed by atoms with Crippen molar-refractivity contribution in [3.63, 3.8) is 0 Å². The molecule has 0 unspecified atom stereocenters. The van der Waals surface area contributed by atoms with Crippen molar-refractivity contribution in [3.05, 3.63) is 100 Å². The van der Waals surface area contributed by atoms with Crippen LogP contribution in [0, 0.1) is 0 Å². The number of ketones is 1. The van der Waals surface area contributed by atoms with Crippen LogP contribution in [0.15, 0.2) is 83.3 Å². The SMILES string of the molecule is COc1ccc(Oc2ccc(C(=O)c3ccc(-c4cc(Cl)ccc4Cl)o3)cc2)cc1. The molecule has 6 heteroatoms. The Morgan fingerprint density at radius 2 is 1.43 bits per heavy atom. The molecule has 0 radical (unpaired) electrons. The van der Waals surface area contributed by atoms with Gasteiger partial charge in [0.1, 0.15) is 23.0 Å². The lowest BCUT2D eigenvalue weighted by Gasteiger charge is -2.07. The predicted octanol–water partition coefficient (Wildman–Crippen LogP) is 7.29. The maximum atomic E-state index is 12.8. The molecule has 3 aromatic carbocycles. The Kier molecular flexibility index (Phi) is 5.79. The van der Waals surface area contributed by atoms with E-state index in [9.17, 15) is 4.79 Å². The number of carbonyl (C=O) groups excluding carboxylic acids is 1. The quantitative estimate of drug-likeness (QED) is 0.296. The minimum Gasteiger partial charge on any atom is -0.497 e. The Morgan fingerprint density at radius 3 is 2.10 bits per heavy atom. The normalized spacial score (nSPS) is 10.6. The fourth-order valence-electron chi connectivity index (χ4n) is 2.89. The molecule has 0 amide bonds. The van der Waals surface area contributed by atoms with Crippen LogP contribution in [0.1, 0.15) is 16.1 Å². The zero-order valence-corrected chi connectivity index (χ0v) is 17.4. The summed E-state index contributed by atoms with van der Waals surface area (Å²) in [5.74, 6) is 2.48. The molecule has 0 saturated heterocycles. The van der Waals surface area contributed by atoms with E-state index in [0.717, 1.165) is 5.75 Å². The van der Waals surface area contributed by atoms with Gasteiger partial charge in [-0.3, -0.25) is 4.79 Å². The second-order valence-electron chi connectivity index (χ2n) is 6.42. The van der Waals surface area contributed by atoms with Gasteiger partial charge in [-0.25, -0.2) is 0 Å². The van der Waals surface area contributed by atoms with E-state index in [1.165, 1.54) is 0 Å². The van der Waals surface area contributed by atoms with E-state index in [1.54, 1.807) is 61.7 Å². The monoisotopic (exact) mass is 438 g/mol. The maximum Gasteiger partial charge on any atom is 0.228 e. The zero-order valence-electron chi connectivity index (χ0n) is 15.9. The lowest BCUT2D eigenvalue weighted by atomic mass is 10.1. The number of furan rings is 1. The first-order valence-corrected chi connectivity index (χ1v) is 9.81. The van der Waals surface area contributed by atoms with Gasteiger partial charge in [0.2, 0.25) is 5.78 Å². The third-order valence-electron chi connectivity index (χ3n) is 4.44. The Labute approximate surface area is 183 Å². The molecule has 0 spiro atoms. The van der Waals surface area contributed by atoms with E-state index in [1.807, 2.05) is 24.3 Å². The largest absolute Gasteiger partial charge is 0.497 e. The van der Waals surface area contributed by atoms with E-state index in [2.05, 4.69) is 0 Å². The lowest BCUT2D eigenvalue weighted by Crippen LogP contribution is -1.99. The van der Waals surface area contributed by atoms with Gasteiger partial charge in [-0.05, 0) is 78.9 Å². The van der Waals surface area contributed by atoms with Gasteiger partial charge >= 0.3 is 0 Å². The molecule has 0 saturated carbocycles. The summed E-state index contributed by atoms with van der Waals surface area (Å²) in [6.07, 6.45) is 0. The first-order chi connectivity index (χ1) is 14.5. The van der Waals surface area contributed by atoms with E-state index in [4.69, 9.17) is 37.1 Å². The average molecular weight is 439 g/mol. The zero-order chi connectivity index (χ0) is 21.1. The second kappa shape index (κ2) is 8.66. The summed E-state index contributed by atoms with van der Waals surface area (Å²) in [5.41, 5.74) is 1.11. The molecule has 0 aliphatic carbocycles. The van der Waals surface area contributed by atoms with Gasteiger partial charge in [0.25, 0.3) is 0 Å². The van der Waals surface area contributed by atoms with Crippen molar-refractivity contribution in [3.8, 4) is 28.6 Å². The van der Waals surface area contributed by atoms with Crippen LogP contribution in [0.25, 0.3) is 11.3 Å². The Hall–Kier alpha value is -3.21. The van der Waals surface area contributed by atoms with Crippen LogP contribution in [0.2, 0.25) is 10.0 Å². The molecule has 150 valence electrons. The van der Waals surface area contributed by atoms with Gasteiger partial charge < -0.3 is 13.9 Å². The molecular weight excluding hydrogens is 423 g/mol. The lowest BCUT2D eigenvalue weighted by molar-refractivity contribution is 0.101. The van der Waals surface area contributed by atoms with Crippen molar-refractivity contribution in [1.82, 2.24) is 0 Å². The molecule has 0 bridgehead atoms. The third-order valence-corrected chi connectivity index (χ3v) is 5.00. The number of benzene rings is 3. The van der Waals surface area contributed by atoms with Gasteiger partial charge in [0.15, 0.2) is 5.76 Å². The predicted molar refractivity (Wildman–Crippen MR) is 117 cm³/mol. The highest BCUT2D eigenvalue weighted by atomic mass is 35.5. The summed E-state index contributed by atoms with van der Waals surface area (Å²) < 4.78 is 16.7. The van der Waals surface area contributed by atoms with E-state index < -0.39 is 0 Å². The Morgan fingerprint density at radius 1 is 0.800 bits per heavy atom. The van der Waals surface area contributed by atoms with E-state index in [0.29, 0.717) is 38.4 Å². The minimum atomic E-state index is -0.240. The van der Waals surface area contributed by atoms with Crippen LogP contribution in [0.3, 0.4) is 0 Å². The summed E-state index contributed by atoms with van der Waals surface area (Å²) in [4.78, 5) is 12.8. The van der Waals surface area contributed by atoms with E-state index >= 15 is 0 Å². The standard InChI is InChI=1S/C24H16Cl2O4/c1-28-17-7-9-19(10-8-17)29-18-5-2-15(3-6-18)24(27)23-13-12-22(30-23)20-14-16(25)4-11-21(20)26/h2-14H,1H3. The highest BCUT2D eigenvalue weighted by Gasteiger charge is 2.16. The van der Waals surface area contributed by atoms with Crippen molar-refractivity contribution >= 4 is 29.0 Å². The molecule has 4 aromatic rings. The van der Waals surface area contributed by atoms with Crippen LogP contribution < -0.4 is 9.47 Å². The number of rotatable bonds is 6. The third kappa shape index (κ3) is 4.35. The highest BCUT2D eigenvalue weighted by Crippen LogP contribution is 2.32. The molecule has 0 aliphatic rings. The number of methoxy groups -OCH3 is 1. The summed E-state index contributed by atoms with van der Waals surface area (Å²) in [6, 6.07) is 22.5. The number of hydrogen-bond donors (Lipinski definition) is 0. The van der Waals surface area contributed by atoms with Gasteiger partial charge in [-0.1, -0.05) is 23.2 Å². The Balaban J connectivity index is 1.50. The number of carbonyl (C=O) groups is 1. The van der Waals surface area contributed by atoms with Crippen molar-refractivity contribution in [2.75, 3.05) is 7.11 Å². The van der Waals surface area contributed by atoms with Crippen molar-refractivity contribution < 1.29 is 18.7 Å². The molecular formula is C24H16Cl2O4. The molecule has 1 aromatic heterocycles. The summed E-state index contributed by atoms with van der Waals surface area (Å²) >= 11 is 12.2. The topological polar surface area (TPSA) is 48.7 Å². The molecule has 0 fully saturated rings. The molecule has 0 aliphatic heterocycles. The minimum absolute atomic E-state index is 0.213. The Bertz CT molecular complexity index is 1180. The van der Waals surface area contributed by atoms with Gasteiger partial charge in [-0.15, -0.1) is 0 Å². The van der Waals surface area contributed by atoms with Crippen LogP contribution in [-0.4, -0.2) is 12.9 Å². The van der Waals surface area contributed by atoms with Gasteiger partial charge in [0.05, 0.1) is 12.1 Å². The van der Waals surface area contributed by atoms with Crippen LogP contribution in [0.4, 0.5) is 0 Å². The molecule has 0 atom stereocenters. The second-order valence-corrected chi connectivity index (χ2v) is 7.26. The number of halogens is 2. The van der Waals surface area contributed by atoms with Crippen LogP contribution in [-0.2, 0) is 0 Å². The average Bonchev–Trinajstić information content (AvgIpc) is 3.26. The molecule has 0 N–H and O–H groups in total. The first kappa shape index (κ1) is 20.1. The number of hydrogen-bond acceptors (Lipinski definition) is 4. The fraction of sp³-hybridized carbons (Fsp3) is 0.0417. The first-order valence-electron chi connectivity index (χ1n) is 9.05. The summed E-state index contributed by atoms with van der Waals surface area (Å²) in [7, 11) is 1.61. The van der Waals surface area contributed by atoms with Gasteiger partial charge in [0, 0.05) is 16.1 Å². The highest BCUT2D eigenvalue weighted by molar-refractivity contribution is 6.35. The molecule has 4 nitrogen and oxygen atoms in total. The van der Waals surface area contributed by atoms with Crippen molar-refractivity contribution in [2.45, 2.75) is 0 Å². The number of ether oxygens (including phenoxy) is 2. The maximum absolute atomic E-state index is 12.8. The fourth-order valence-corrected chi connectivity index (χ4v) is 3.27. The van der Waals surface area contributed by atoms with Gasteiger partial charge in [-0.2, -0.15) is 0 Å². The smallest absolute Gasteiger partial charge is 0.228 e. The van der Waals surface area contributed by atoms with Crippen molar-refractivity contribution in [1.29, 1.82) is 0 Å². The van der Waals surface area contributed by atoms with Crippen molar-refractivity contribution in [2.24, 2.45) is 0 Å². The molecule has 30 heavy (non-hydrogen) atoms. The van der Waals surface area contributed by atoms with Crippen LogP contribution >= 0.6 is 23.2 Å².